The molecule has 26 heavy (non-hydrogen) atoms. The molecule has 0 bridgehead atoms. The Morgan fingerprint density at radius 3 is 2.77 bits per heavy atom. The summed E-state index contributed by atoms with van der Waals surface area (Å²) in [5, 5.41) is 17.4. The van der Waals surface area contributed by atoms with Crippen LogP contribution in [0.5, 0.6) is 0 Å². The largest absolute Gasteiger partial charge is 0.388 e. The van der Waals surface area contributed by atoms with Crippen LogP contribution in [0.2, 0.25) is 0 Å². The summed E-state index contributed by atoms with van der Waals surface area (Å²) in [6.07, 6.45) is 2.94. The molecule has 1 fully saturated rings. The molecule has 140 valence electrons. The van der Waals surface area contributed by atoms with E-state index in [1.807, 2.05) is 0 Å². The highest BCUT2D eigenvalue weighted by atomic mass is 16.3. The number of nitrogens with zero attached hydrogens (tertiary/aromatic N) is 5. The first-order chi connectivity index (χ1) is 12.4. The van der Waals surface area contributed by atoms with Crippen LogP contribution in [-0.2, 0) is 31.9 Å². The van der Waals surface area contributed by atoms with Crippen molar-refractivity contribution in [2.24, 2.45) is 14.1 Å². The number of nitrogens with one attached hydrogen (secondary N) is 1. The number of aromatic amines is 1. The van der Waals surface area contributed by atoms with Gasteiger partial charge in [0.1, 0.15) is 12.4 Å². The Morgan fingerprint density at radius 1 is 1.31 bits per heavy atom. The minimum atomic E-state index is -0.508. The Labute approximate surface area is 149 Å². The Bertz CT molecular complexity index is 928. The van der Waals surface area contributed by atoms with Crippen LogP contribution >= 0.6 is 0 Å². The highest BCUT2D eigenvalue weighted by Crippen LogP contribution is 2.26. The van der Waals surface area contributed by atoms with Gasteiger partial charge < -0.3 is 19.6 Å². The Kier molecular flexibility index (Phi) is 5.03. The lowest BCUT2D eigenvalue weighted by Gasteiger charge is -2.32. The average molecular weight is 362 g/mol. The Hall–Kier alpha value is -2.75. The van der Waals surface area contributed by atoms with Crippen molar-refractivity contribution in [2.45, 2.75) is 31.8 Å². The molecule has 0 saturated carbocycles. The molecule has 0 aliphatic carbocycles. The quantitative estimate of drug-likeness (QED) is 0.692. The summed E-state index contributed by atoms with van der Waals surface area (Å²) in [5.74, 6) is 1.10. The van der Waals surface area contributed by atoms with Gasteiger partial charge in [-0.15, -0.1) is 10.2 Å². The maximum Gasteiger partial charge on any atom is 0.328 e. The monoisotopic (exact) mass is 362 g/mol. The fourth-order valence-corrected chi connectivity index (χ4v) is 3.30. The zero-order chi connectivity index (χ0) is 18.8. The first kappa shape index (κ1) is 18.1. The van der Waals surface area contributed by atoms with Crippen LogP contribution in [0.1, 0.15) is 36.0 Å². The van der Waals surface area contributed by atoms with E-state index in [1.165, 1.54) is 13.2 Å². The average Bonchev–Trinajstić information content (AvgIpc) is 3.02. The van der Waals surface area contributed by atoms with Crippen LogP contribution in [-0.4, -0.2) is 53.3 Å². The number of rotatable bonds is 4. The van der Waals surface area contributed by atoms with E-state index in [1.54, 1.807) is 16.5 Å². The minimum Gasteiger partial charge on any atom is -0.388 e. The molecule has 10 nitrogen and oxygen atoms in total. The minimum absolute atomic E-state index is 0.0314. The molecule has 2 aromatic heterocycles. The standard InChI is InChI=1S/C16H22N6O4/c1-20-12(9-23)18-19-14(20)10-4-3-5-22(8-10)13(24)6-11-7-17-16(26)21(2)15(11)25/h7,10,23H,3-6,8-9H2,1-2H3,(H,17,26)/t10-/m1/s1. The van der Waals surface area contributed by atoms with Crippen molar-refractivity contribution in [1.29, 1.82) is 0 Å². The van der Waals surface area contributed by atoms with Crippen LogP contribution in [0.15, 0.2) is 15.8 Å². The molecule has 1 saturated heterocycles. The van der Waals surface area contributed by atoms with Crippen LogP contribution in [0.4, 0.5) is 0 Å². The number of H-pyrrole nitrogens is 1. The highest BCUT2D eigenvalue weighted by molar-refractivity contribution is 5.78. The topological polar surface area (TPSA) is 126 Å². The molecule has 3 rings (SSSR count). The predicted molar refractivity (Wildman–Crippen MR) is 91.5 cm³/mol. The molecule has 0 radical (unpaired) electrons. The zero-order valence-electron chi connectivity index (χ0n) is 14.8. The summed E-state index contributed by atoms with van der Waals surface area (Å²) in [4.78, 5) is 40.3. The van der Waals surface area contributed by atoms with Crippen molar-refractivity contribution >= 4 is 5.91 Å². The number of aliphatic hydroxyl groups excluding tert-OH is 1. The summed E-state index contributed by atoms with van der Waals surface area (Å²) >= 11 is 0. The predicted octanol–water partition coefficient (Wildman–Crippen LogP) is -1.36. The number of carbonyl (C=O) groups excluding carboxylic acids is 1. The normalized spacial score (nSPS) is 17.5. The number of hydrogen-bond donors (Lipinski definition) is 2. The molecule has 0 spiro atoms. The molecule has 1 amide bonds. The number of amides is 1. The third kappa shape index (κ3) is 3.32. The molecule has 1 atom stereocenters. The molecule has 0 unspecified atom stereocenters. The molecular formula is C16H22N6O4. The van der Waals surface area contributed by atoms with Crippen molar-refractivity contribution in [3.05, 3.63) is 44.2 Å². The lowest BCUT2D eigenvalue weighted by Crippen LogP contribution is -2.42. The molecular weight excluding hydrogens is 340 g/mol. The van der Waals surface area contributed by atoms with Crippen molar-refractivity contribution in [3.63, 3.8) is 0 Å². The third-order valence-corrected chi connectivity index (χ3v) is 4.87. The third-order valence-electron chi connectivity index (χ3n) is 4.87. The van der Waals surface area contributed by atoms with E-state index in [0.29, 0.717) is 18.9 Å². The SMILES string of the molecule is Cn1c(CO)nnc1[C@@H]1CCCN(C(=O)Cc2c[nH]c(=O)n(C)c2=O)C1. The summed E-state index contributed by atoms with van der Waals surface area (Å²) in [6.45, 7) is 0.915. The van der Waals surface area contributed by atoms with Crippen molar-refractivity contribution in [2.75, 3.05) is 13.1 Å². The fraction of sp³-hybridized carbons (Fsp3) is 0.562. The number of piperidine rings is 1. The fourth-order valence-electron chi connectivity index (χ4n) is 3.30. The summed E-state index contributed by atoms with van der Waals surface area (Å²) in [7, 11) is 3.17. The lowest BCUT2D eigenvalue weighted by molar-refractivity contribution is -0.131. The van der Waals surface area contributed by atoms with Crippen LogP contribution in [0, 0.1) is 0 Å². The van der Waals surface area contributed by atoms with Gasteiger partial charge in [-0.1, -0.05) is 0 Å². The zero-order valence-corrected chi connectivity index (χ0v) is 14.8. The summed E-state index contributed by atoms with van der Waals surface area (Å²) in [5.41, 5.74) is -0.705. The first-order valence-corrected chi connectivity index (χ1v) is 8.46. The number of aromatic nitrogens is 5. The maximum atomic E-state index is 12.6. The molecule has 3 heterocycles. The molecule has 1 aliphatic heterocycles. The second kappa shape index (κ2) is 7.24. The molecule has 2 aromatic rings. The number of hydrogen-bond acceptors (Lipinski definition) is 6. The number of aliphatic hydroxyl groups is 1. The molecule has 2 N–H and O–H groups in total. The molecule has 10 heteroatoms. The summed E-state index contributed by atoms with van der Waals surface area (Å²) < 4.78 is 2.72. The Balaban J connectivity index is 1.74. The van der Waals surface area contributed by atoms with E-state index >= 15 is 0 Å². The van der Waals surface area contributed by atoms with Gasteiger partial charge >= 0.3 is 5.69 Å². The van der Waals surface area contributed by atoms with Gasteiger partial charge in [-0.25, -0.2) is 4.79 Å². The number of likely N-dealkylation sites (tertiary alicyclic amines) is 1. The van der Waals surface area contributed by atoms with Crippen LogP contribution in [0.3, 0.4) is 0 Å². The van der Waals surface area contributed by atoms with Gasteiger partial charge in [-0.05, 0) is 12.8 Å². The number of carbonyl (C=O) groups is 1. The van der Waals surface area contributed by atoms with E-state index in [2.05, 4.69) is 15.2 Å². The second-order valence-corrected chi connectivity index (χ2v) is 6.53. The van der Waals surface area contributed by atoms with Crippen molar-refractivity contribution in [1.82, 2.24) is 29.2 Å². The maximum absolute atomic E-state index is 12.6. The van der Waals surface area contributed by atoms with Gasteiger partial charge in [0.25, 0.3) is 5.56 Å². The van der Waals surface area contributed by atoms with Gasteiger partial charge in [-0.3, -0.25) is 14.2 Å². The van der Waals surface area contributed by atoms with E-state index in [0.717, 1.165) is 23.2 Å². The smallest absolute Gasteiger partial charge is 0.328 e. The first-order valence-electron chi connectivity index (χ1n) is 8.46. The van der Waals surface area contributed by atoms with Gasteiger partial charge in [0, 0.05) is 44.9 Å². The van der Waals surface area contributed by atoms with Crippen molar-refractivity contribution in [3.8, 4) is 0 Å². The summed E-state index contributed by atoms with van der Waals surface area (Å²) in [6, 6.07) is 0. The van der Waals surface area contributed by atoms with Gasteiger partial charge in [0.05, 0.1) is 6.42 Å². The highest BCUT2D eigenvalue weighted by Gasteiger charge is 2.28. The van der Waals surface area contributed by atoms with Crippen molar-refractivity contribution < 1.29 is 9.90 Å². The van der Waals surface area contributed by atoms with Gasteiger partial charge in [0.2, 0.25) is 5.91 Å². The van der Waals surface area contributed by atoms with Crippen LogP contribution in [0.25, 0.3) is 0 Å². The van der Waals surface area contributed by atoms with E-state index in [4.69, 9.17) is 0 Å². The molecule has 0 aromatic carbocycles. The van der Waals surface area contributed by atoms with E-state index < -0.39 is 11.2 Å². The van der Waals surface area contributed by atoms with E-state index in [9.17, 15) is 19.5 Å². The van der Waals surface area contributed by atoms with Gasteiger partial charge in [-0.2, -0.15) is 0 Å². The lowest BCUT2D eigenvalue weighted by atomic mass is 9.96. The second-order valence-electron chi connectivity index (χ2n) is 6.53. The van der Waals surface area contributed by atoms with Crippen LogP contribution < -0.4 is 11.2 Å². The molecule has 1 aliphatic rings. The van der Waals surface area contributed by atoms with Gasteiger partial charge in [0.15, 0.2) is 5.82 Å². The van der Waals surface area contributed by atoms with E-state index in [-0.39, 0.29) is 30.4 Å². The Morgan fingerprint density at radius 2 is 2.08 bits per heavy atom.